The van der Waals surface area contributed by atoms with Gasteiger partial charge in [-0.1, -0.05) is 26.3 Å². The molecule has 0 aliphatic carbocycles. The molecule has 1 aromatic carbocycles. The Balaban J connectivity index is 2.82. The maximum Gasteiger partial charge on any atom is 0.182 e. The largest absolute Gasteiger partial charge is 0.369 e. The van der Waals surface area contributed by atoms with Crippen LogP contribution in [-0.2, 0) is 0 Å². The SMILES string of the molecule is CCCC(C)CN(CC)c1cccc(F)c1F. The van der Waals surface area contributed by atoms with E-state index in [1.807, 2.05) is 11.8 Å². The average Bonchev–Trinajstić information content (AvgIpc) is 2.30. The molecule has 96 valence electrons. The maximum atomic E-state index is 13.7. The van der Waals surface area contributed by atoms with Crippen molar-refractivity contribution < 1.29 is 8.78 Å². The molecule has 0 aliphatic heterocycles. The zero-order chi connectivity index (χ0) is 12.8. The van der Waals surface area contributed by atoms with Gasteiger partial charge in [0.1, 0.15) is 0 Å². The highest BCUT2D eigenvalue weighted by atomic mass is 19.2. The van der Waals surface area contributed by atoms with Crippen molar-refractivity contribution in [1.29, 1.82) is 0 Å². The van der Waals surface area contributed by atoms with Crippen molar-refractivity contribution in [2.45, 2.75) is 33.6 Å². The fourth-order valence-electron chi connectivity index (χ4n) is 2.09. The molecule has 0 amide bonds. The summed E-state index contributed by atoms with van der Waals surface area (Å²) in [6.45, 7) is 7.70. The zero-order valence-electron chi connectivity index (χ0n) is 10.8. The molecule has 3 heteroatoms. The monoisotopic (exact) mass is 241 g/mol. The second-order valence-electron chi connectivity index (χ2n) is 4.51. The van der Waals surface area contributed by atoms with Crippen LogP contribution in [0.4, 0.5) is 14.5 Å². The van der Waals surface area contributed by atoms with Crippen LogP contribution in [0.3, 0.4) is 0 Å². The molecule has 1 unspecified atom stereocenters. The van der Waals surface area contributed by atoms with Gasteiger partial charge >= 0.3 is 0 Å². The average molecular weight is 241 g/mol. The first kappa shape index (κ1) is 13.9. The molecule has 1 aromatic rings. The first-order valence-electron chi connectivity index (χ1n) is 6.29. The Labute approximate surface area is 102 Å². The third-order valence-electron chi connectivity index (χ3n) is 2.97. The second-order valence-corrected chi connectivity index (χ2v) is 4.51. The predicted octanol–water partition coefficient (Wildman–Crippen LogP) is 4.23. The molecule has 0 aliphatic rings. The maximum absolute atomic E-state index is 13.7. The van der Waals surface area contributed by atoms with Gasteiger partial charge in [0.15, 0.2) is 11.6 Å². The Morgan fingerprint density at radius 1 is 1.24 bits per heavy atom. The van der Waals surface area contributed by atoms with Crippen molar-refractivity contribution in [3.05, 3.63) is 29.8 Å². The Hall–Kier alpha value is -1.12. The lowest BCUT2D eigenvalue weighted by Gasteiger charge is -2.27. The Morgan fingerprint density at radius 3 is 2.53 bits per heavy atom. The zero-order valence-corrected chi connectivity index (χ0v) is 10.8. The molecule has 0 spiro atoms. The van der Waals surface area contributed by atoms with Crippen molar-refractivity contribution in [1.82, 2.24) is 0 Å². The fraction of sp³-hybridized carbons (Fsp3) is 0.571. The summed E-state index contributed by atoms with van der Waals surface area (Å²) >= 11 is 0. The highest BCUT2D eigenvalue weighted by molar-refractivity contribution is 5.48. The van der Waals surface area contributed by atoms with Crippen molar-refractivity contribution in [2.24, 2.45) is 5.92 Å². The van der Waals surface area contributed by atoms with Crippen molar-refractivity contribution >= 4 is 5.69 Å². The molecule has 0 saturated carbocycles. The van der Waals surface area contributed by atoms with Crippen LogP contribution in [0.1, 0.15) is 33.6 Å². The molecular weight excluding hydrogens is 220 g/mol. The highest BCUT2D eigenvalue weighted by Crippen LogP contribution is 2.22. The van der Waals surface area contributed by atoms with Crippen LogP contribution < -0.4 is 4.90 Å². The summed E-state index contributed by atoms with van der Waals surface area (Å²) < 4.78 is 26.8. The van der Waals surface area contributed by atoms with Gasteiger partial charge in [-0.25, -0.2) is 8.78 Å². The van der Waals surface area contributed by atoms with Crippen LogP contribution in [-0.4, -0.2) is 13.1 Å². The summed E-state index contributed by atoms with van der Waals surface area (Å²) in [6.07, 6.45) is 2.22. The third kappa shape index (κ3) is 3.69. The van der Waals surface area contributed by atoms with Crippen LogP contribution in [0.15, 0.2) is 18.2 Å². The summed E-state index contributed by atoms with van der Waals surface area (Å²) in [7, 11) is 0. The topological polar surface area (TPSA) is 3.24 Å². The van der Waals surface area contributed by atoms with Crippen LogP contribution >= 0.6 is 0 Å². The van der Waals surface area contributed by atoms with Gasteiger partial charge in [-0.15, -0.1) is 0 Å². The lowest BCUT2D eigenvalue weighted by molar-refractivity contribution is 0.488. The molecule has 0 aromatic heterocycles. The normalized spacial score (nSPS) is 12.5. The molecular formula is C14H21F2N. The number of benzene rings is 1. The van der Waals surface area contributed by atoms with E-state index in [-0.39, 0.29) is 0 Å². The number of hydrogen-bond donors (Lipinski definition) is 0. The molecule has 0 bridgehead atoms. The van der Waals surface area contributed by atoms with E-state index in [1.54, 1.807) is 12.1 Å². The first-order valence-corrected chi connectivity index (χ1v) is 6.29. The summed E-state index contributed by atoms with van der Waals surface area (Å²) in [5, 5.41) is 0. The van der Waals surface area contributed by atoms with Crippen molar-refractivity contribution in [3.8, 4) is 0 Å². The van der Waals surface area contributed by atoms with Gasteiger partial charge in [0.25, 0.3) is 0 Å². The quantitative estimate of drug-likeness (QED) is 0.720. The number of rotatable bonds is 6. The number of halogens is 2. The van der Waals surface area contributed by atoms with E-state index in [9.17, 15) is 8.78 Å². The van der Waals surface area contributed by atoms with Crippen LogP contribution in [0.25, 0.3) is 0 Å². The van der Waals surface area contributed by atoms with Gasteiger partial charge in [0, 0.05) is 13.1 Å². The molecule has 0 N–H and O–H groups in total. The number of anilines is 1. The molecule has 1 atom stereocenters. The Bertz CT molecular complexity index is 352. The van der Waals surface area contributed by atoms with Crippen LogP contribution in [0.5, 0.6) is 0 Å². The Kier molecular flexibility index (Phi) is 5.39. The Morgan fingerprint density at radius 2 is 1.94 bits per heavy atom. The van der Waals surface area contributed by atoms with Crippen molar-refractivity contribution in [3.63, 3.8) is 0 Å². The molecule has 0 radical (unpaired) electrons. The van der Waals surface area contributed by atoms with Gasteiger partial charge in [0.2, 0.25) is 0 Å². The van der Waals surface area contributed by atoms with Crippen molar-refractivity contribution in [2.75, 3.05) is 18.0 Å². The lowest BCUT2D eigenvalue weighted by Crippen LogP contribution is -2.29. The van der Waals surface area contributed by atoms with E-state index in [2.05, 4.69) is 13.8 Å². The van der Waals surface area contributed by atoms with E-state index in [0.29, 0.717) is 18.2 Å². The highest BCUT2D eigenvalue weighted by Gasteiger charge is 2.15. The van der Waals surface area contributed by atoms with E-state index < -0.39 is 11.6 Å². The molecule has 0 heterocycles. The van der Waals surface area contributed by atoms with Crippen LogP contribution in [0, 0.1) is 17.6 Å². The van der Waals surface area contributed by atoms with Crippen LogP contribution in [0.2, 0.25) is 0 Å². The minimum absolute atomic E-state index is 0.371. The molecule has 0 saturated heterocycles. The second kappa shape index (κ2) is 6.58. The van der Waals surface area contributed by atoms with E-state index in [4.69, 9.17) is 0 Å². The van der Waals surface area contributed by atoms with Gasteiger partial charge in [-0.2, -0.15) is 0 Å². The molecule has 17 heavy (non-hydrogen) atoms. The van der Waals surface area contributed by atoms with E-state index in [0.717, 1.165) is 25.5 Å². The summed E-state index contributed by atoms with van der Waals surface area (Å²) in [5.41, 5.74) is 0.371. The number of hydrogen-bond acceptors (Lipinski definition) is 1. The summed E-state index contributed by atoms with van der Waals surface area (Å²) in [6, 6.07) is 4.35. The number of nitrogens with zero attached hydrogens (tertiary/aromatic N) is 1. The lowest BCUT2D eigenvalue weighted by atomic mass is 10.1. The minimum atomic E-state index is -0.774. The fourth-order valence-corrected chi connectivity index (χ4v) is 2.09. The van der Waals surface area contributed by atoms with E-state index >= 15 is 0 Å². The van der Waals surface area contributed by atoms with Gasteiger partial charge < -0.3 is 4.90 Å². The molecule has 1 nitrogen and oxygen atoms in total. The molecule has 1 rings (SSSR count). The smallest absolute Gasteiger partial charge is 0.182 e. The van der Waals surface area contributed by atoms with Gasteiger partial charge in [0.05, 0.1) is 5.69 Å². The van der Waals surface area contributed by atoms with Gasteiger partial charge in [-0.05, 0) is 31.4 Å². The summed E-state index contributed by atoms with van der Waals surface area (Å²) in [5.74, 6) is -1.02. The summed E-state index contributed by atoms with van der Waals surface area (Å²) in [4.78, 5) is 1.90. The van der Waals surface area contributed by atoms with E-state index in [1.165, 1.54) is 0 Å². The standard InChI is InChI=1S/C14H21F2N/c1-4-7-11(3)10-17(5-2)13-9-6-8-12(15)14(13)16/h6,8-9,11H,4-5,7,10H2,1-3H3. The minimum Gasteiger partial charge on any atom is -0.369 e. The molecule has 0 fully saturated rings. The first-order chi connectivity index (χ1) is 8.10. The van der Waals surface area contributed by atoms with Gasteiger partial charge in [-0.3, -0.25) is 0 Å². The predicted molar refractivity (Wildman–Crippen MR) is 68.3 cm³/mol. The third-order valence-corrected chi connectivity index (χ3v) is 2.97.